The van der Waals surface area contributed by atoms with Crippen LogP contribution in [0.15, 0.2) is 18.2 Å². The predicted molar refractivity (Wildman–Crippen MR) is 88.2 cm³/mol. The Bertz CT molecular complexity index is 502. The Labute approximate surface area is 132 Å². The number of hydrogen-bond acceptors (Lipinski definition) is 3. The molecular formula is C16H24ClN3O. The summed E-state index contributed by atoms with van der Waals surface area (Å²) < 4.78 is 0. The molecule has 1 aromatic carbocycles. The second-order valence-corrected chi connectivity index (χ2v) is 5.89. The van der Waals surface area contributed by atoms with Crippen molar-refractivity contribution in [3.05, 3.63) is 28.8 Å². The van der Waals surface area contributed by atoms with Crippen molar-refractivity contribution in [1.82, 2.24) is 9.80 Å². The number of benzene rings is 1. The molecule has 0 aromatic heterocycles. The van der Waals surface area contributed by atoms with E-state index in [-0.39, 0.29) is 5.91 Å². The van der Waals surface area contributed by atoms with E-state index in [0.29, 0.717) is 17.3 Å². The average molecular weight is 310 g/mol. The molecule has 0 bridgehead atoms. The number of amides is 1. The molecule has 0 unspecified atom stereocenters. The Morgan fingerprint density at radius 3 is 2.67 bits per heavy atom. The maximum atomic E-state index is 12.6. The van der Waals surface area contributed by atoms with Crippen molar-refractivity contribution in [2.45, 2.75) is 20.3 Å². The van der Waals surface area contributed by atoms with Crippen LogP contribution in [0.2, 0.25) is 5.02 Å². The zero-order valence-electron chi connectivity index (χ0n) is 13.1. The number of rotatable bonds is 6. The summed E-state index contributed by atoms with van der Waals surface area (Å²) in [5.74, 6) is 0.0881. The fourth-order valence-electron chi connectivity index (χ4n) is 2.78. The Kier molecular flexibility index (Phi) is 5.48. The van der Waals surface area contributed by atoms with Crippen LogP contribution in [0.4, 0.5) is 5.69 Å². The van der Waals surface area contributed by atoms with Gasteiger partial charge in [0.2, 0.25) is 0 Å². The number of anilines is 1. The molecule has 0 aliphatic carbocycles. The van der Waals surface area contributed by atoms with Crippen LogP contribution >= 0.6 is 11.6 Å². The highest BCUT2D eigenvalue weighted by Crippen LogP contribution is 2.28. The normalized spacial score (nSPS) is 14.8. The van der Waals surface area contributed by atoms with Crippen LogP contribution in [0.3, 0.4) is 0 Å². The highest BCUT2D eigenvalue weighted by Gasteiger charge is 2.27. The van der Waals surface area contributed by atoms with E-state index in [1.165, 1.54) is 0 Å². The van der Waals surface area contributed by atoms with Crippen molar-refractivity contribution in [3.63, 3.8) is 0 Å². The molecule has 2 rings (SSSR count). The molecule has 116 valence electrons. The van der Waals surface area contributed by atoms with Gasteiger partial charge < -0.3 is 14.7 Å². The Balaban J connectivity index is 2.02. The largest absolute Gasteiger partial charge is 0.356 e. The Morgan fingerprint density at radius 2 is 2.00 bits per heavy atom. The fourth-order valence-corrected chi connectivity index (χ4v) is 2.95. The van der Waals surface area contributed by atoms with Gasteiger partial charge in [-0.3, -0.25) is 4.79 Å². The summed E-state index contributed by atoms with van der Waals surface area (Å²) >= 11 is 6.02. The molecule has 0 fully saturated rings. The Hall–Kier alpha value is -1.26. The highest BCUT2D eigenvalue weighted by atomic mass is 35.5. The topological polar surface area (TPSA) is 26.8 Å². The molecule has 1 amide bonds. The zero-order chi connectivity index (χ0) is 15.4. The summed E-state index contributed by atoms with van der Waals surface area (Å²) in [7, 11) is 2.01. The molecule has 1 aliphatic rings. The van der Waals surface area contributed by atoms with E-state index in [0.717, 1.165) is 38.3 Å². The SMILES string of the molecule is CCN(CC)CCCN1CN(C)c2ccc(Cl)cc2C1=O. The molecule has 21 heavy (non-hydrogen) atoms. The van der Waals surface area contributed by atoms with Gasteiger partial charge in [-0.15, -0.1) is 0 Å². The number of halogens is 1. The molecule has 1 aromatic rings. The number of nitrogens with zero attached hydrogens (tertiary/aromatic N) is 3. The third-order valence-electron chi connectivity index (χ3n) is 4.07. The summed E-state index contributed by atoms with van der Waals surface area (Å²) in [4.78, 5) is 18.9. The molecule has 0 radical (unpaired) electrons. The van der Waals surface area contributed by atoms with Crippen LogP contribution in [0.25, 0.3) is 0 Å². The van der Waals surface area contributed by atoms with Gasteiger partial charge in [0.05, 0.1) is 17.9 Å². The lowest BCUT2D eigenvalue weighted by molar-refractivity contribution is 0.0737. The van der Waals surface area contributed by atoms with Crippen LogP contribution < -0.4 is 4.90 Å². The Morgan fingerprint density at radius 1 is 1.29 bits per heavy atom. The molecule has 0 saturated heterocycles. The molecule has 0 saturated carbocycles. The minimum Gasteiger partial charge on any atom is -0.356 e. The van der Waals surface area contributed by atoms with E-state index in [1.807, 2.05) is 24.1 Å². The summed E-state index contributed by atoms with van der Waals surface area (Å²) in [6.45, 7) is 8.91. The van der Waals surface area contributed by atoms with Gasteiger partial charge in [-0.1, -0.05) is 25.4 Å². The van der Waals surface area contributed by atoms with Crippen LogP contribution in [-0.4, -0.2) is 55.6 Å². The number of hydrogen-bond donors (Lipinski definition) is 0. The van der Waals surface area contributed by atoms with Gasteiger partial charge in [-0.05, 0) is 44.3 Å². The first-order valence-electron chi connectivity index (χ1n) is 7.59. The third kappa shape index (κ3) is 3.69. The standard InChI is InChI=1S/C16H24ClN3O/c1-4-19(5-2)9-6-10-20-12-18(3)15-8-7-13(17)11-14(15)16(20)21/h7-8,11H,4-6,9-10,12H2,1-3H3. The molecule has 1 aliphatic heterocycles. The van der Waals surface area contributed by atoms with Crippen molar-refractivity contribution >= 4 is 23.2 Å². The summed E-state index contributed by atoms with van der Waals surface area (Å²) in [6, 6.07) is 5.52. The van der Waals surface area contributed by atoms with Gasteiger partial charge in [0, 0.05) is 18.6 Å². The fraction of sp³-hybridized carbons (Fsp3) is 0.562. The first kappa shape index (κ1) is 16.1. The summed E-state index contributed by atoms with van der Waals surface area (Å²) in [5.41, 5.74) is 1.67. The molecule has 0 N–H and O–H groups in total. The minimum absolute atomic E-state index is 0.0881. The van der Waals surface area contributed by atoms with E-state index in [2.05, 4.69) is 23.6 Å². The van der Waals surface area contributed by atoms with Crippen molar-refractivity contribution in [1.29, 1.82) is 0 Å². The van der Waals surface area contributed by atoms with Gasteiger partial charge >= 0.3 is 0 Å². The van der Waals surface area contributed by atoms with Crippen LogP contribution in [-0.2, 0) is 0 Å². The molecule has 0 spiro atoms. The van der Waals surface area contributed by atoms with Crippen molar-refractivity contribution in [3.8, 4) is 0 Å². The smallest absolute Gasteiger partial charge is 0.257 e. The van der Waals surface area contributed by atoms with Crippen molar-refractivity contribution < 1.29 is 4.79 Å². The molecule has 5 heteroatoms. The highest BCUT2D eigenvalue weighted by molar-refractivity contribution is 6.31. The maximum absolute atomic E-state index is 12.6. The van der Waals surface area contributed by atoms with Gasteiger partial charge in [-0.2, -0.15) is 0 Å². The number of carbonyl (C=O) groups excluding carboxylic acids is 1. The zero-order valence-corrected chi connectivity index (χ0v) is 13.9. The molecule has 4 nitrogen and oxygen atoms in total. The lowest BCUT2D eigenvalue weighted by Crippen LogP contribution is -2.46. The molecule has 1 heterocycles. The first-order chi connectivity index (χ1) is 10.1. The second kappa shape index (κ2) is 7.14. The quantitative estimate of drug-likeness (QED) is 0.808. The van der Waals surface area contributed by atoms with E-state index < -0.39 is 0 Å². The average Bonchev–Trinajstić information content (AvgIpc) is 2.48. The monoisotopic (exact) mass is 309 g/mol. The van der Waals surface area contributed by atoms with E-state index in [1.54, 1.807) is 6.07 Å². The van der Waals surface area contributed by atoms with Crippen LogP contribution in [0.1, 0.15) is 30.6 Å². The third-order valence-corrected chi connectivity index (χ3v) is 4.30. The number of carbonyl (C=O) groups is 1. The van der Waals surface area contributed by atoms with Gasteiger partial charge in [0.1, 0.15) is 0 Å². The predicted octanol–water partition coefficient (Wildman–Crippen LogP) is 2.92. The van der Waals surface area contributed by atoms with E-state index in [9.17, 15) is 4.79 Å². The van der Waals surface area contributed by atoms with Crippen molar-refractivity contribution in [2.75, 3.05) is 44.8 Å². The van der Waals surface area contributed by atoms with Crippen molar-refractivity contribution in [2.24, 2.45) is 0 Å². The minimum atomic E-state index is 0.0881. The summed E-state index contributed by atoms with van der Waals surface area (Å²) in [6.07, 6.45) is 0.997. The van der Waals surface area contributed by atoms with E-state index in [4.69, 9.17) is 11.6 Å². The van der Waals surface area contributed by atoms with Crippen LogP contribution in [0.5, 0.6) is 0 Å². The van der Waals surface area contributed by atoms with Gasteiger partial charge in [0.15, 0.2) is 0 Å². The lowest BCUT2D eigenvalue weighted by Gasteiger charge is -2.36. The van der Waals surface area contributed by atoms with Crippen LogP contribution in [0, 0.1) is 0 Å². The maximum Gasteiger partial charge on any atom is 0.257 e. The van der Waals surface area contributed by atoms with E-state index >= 15 is 0 Å². The molecule has 0 atom stereocenters. The van der Waals surface area contributed by atoms with Gasteiger partial charge in [-0.25, -0.2) is 0 Å². The number of fused-ring (bicyclic) bond motifs is 1. The first-order valence-corrected chi connectivity index (χ1v) is 7.97. The summed E-state index contributed by atoms with van der Waals surface area (Å²) in [5, 5.41) is 0.612. The van der Waals surface area contributed by atoms with Gasteiger partial charge in [0.25, 0.3) is 5.91 Å². The molecular weight excluding hydrogens is 286 g/mol. The lowest BCUT2D eigenvalue weighted by atomic mass is 10.1. The second-order valence-electron chi connectivity index (χ2n) is 5.45.